The summed E-state index contributed by atoms with van der Waals surface area (Å²) in [6, 6.07) is 39.9. The maximum absolute atomic E-state index is 13.6. The molecule has 0 radical (unpaired) electrons. The van der Waals surface area contributed by atoms with Gasteiger partial charge in [-0.25, -0.2) is 19.9 Å². The number of likely N-dealkylation sites (N-methyl/N-ethyl adjacent to an activating group) is 2. The molecule has 8 aliphatic rings. The lowest BCUT2D eigenvalue weighted by atomic mass is 10.1. The molecule has 0 spiro atoms. The van der Waals surface area contributed by atoms with Gasteiger partial charge in [0.25, 0.3) is 45.9 Å². The number of aliphatic hydroxyl groups excluding tert-OH is 1. The Morgan fingerprint density at radius 2 is 0.827 bits per heavy atom. The third kappa shape index (κ3) is 23.2. The van der Waals surface area contributed by atoms with E-state index in [0.717, 1.165) is 134 Å². The minimum absolute atomic E-state index is 0.118. The number of anilines is 4. The molecule has 0 aliphatic carbocycles. The average molecular weight is 1940 g/mol. The van der Waals surface area contributed by atoms with Crippen LogP contribution in [0.5, 0.6) is 0 Å². The van der Waals surface area contributed by atoms with Gasteiger partial charge in [-0.2, -0.15) is 0 Å². The number of thiocarbonyl (C=S) groups is 4. The van der Waals surface area contributed by atoms with Gasteiger partial charge >= 0.3 is 0 Å². The third-order valence-corrected chi connectivity index (χ3v) is 29.1. The fraction of sp³-hybridized carbons (Fsp3) is 0.368. The van der Waals surface area contributed by atoms with Crippen molar-refractivity contribution in [3.05, 3.63) is 252 Å². The first-order chi connectivity index (χ1) is 64.4. The molecule has 0 unspecified atom stereocenters. The standard InChI is InChI=1S/C27H29N5O3S2.C24H23N5O2S2.C22H27N5O3S2.C22H27N5O2S2/c1-19-6-5-11-31-24(19)29-23(28-10-13-30-14-16-35-17-15-30)21(25(31)33)18-22-26(34)32(27(36)37-22)12-9-20-7-3-2-4-8-20;1-26-11-13-27(14-12-26)21-18(22(30)28-10-6-5-9-20(28)25-21)15-19-23(31)29(24(32)33-19)16-17-7-3-2-4-8-17;1-15(2)14-27-21(30)17(32-22(27)31)13-16-19(25-9-7-24(8-10-25)11-12-28)23-18-5-3-4-6-26(18)20(16)29;1-3-4-6-10-27-21(29)17(31-22(27)30)15-16-19(25-13-11-24(2)12-14-25)23-18-8-5-7-9-26(18)20(16)28/h2-8,11,18,28H,9-10,12-17H2,1H3;2-10,15H,11-14,16H2,1H3;3-6,13,15,28H,7-12,14H2,1-2H3;5,7-9,15H,3-4,6,10-14H2,1-2H3/b22-18-;19-15-;17-13-;17-15-. The highest BCUT2D eigenvalue weighted by atomic mass is 32.2. The number of nitrogens with one attached hydrogen (secondary N) is 1. The van der Waals surface area contributed by atoms with Crippen LogP contribution in [-0.2, 0) is 36.9 Å². The van der Waals surface area contributed by atoms with Gasteiger partial charge < -0.3 is 39.7 Å². The van der Waals surface area contributed by atoms with Crippen LogP contribution >= 0.6 is 95.9 Å². The van der Waals surface area contributed by atoms with Crippen LogP contribution in [0.2, 0.25) is 0 Å². The zero-order valence-electron chi connectivity index (χ0n) is 75.0. The molecule has 8 saturated heterocycles. The van der Waals surface area contributed by atoms with Crippen molar-refractivity contribution in [2.45, 2.75) is 59.9 Å². The number of β-amino-alcohol motifs (C(OH)–C–C–N with tert-alkyl or cyclic N) is 1. The van der Waals surface area contributed by atoms with Gasteiger partial charge in [0.2, 0.25) is 0 Å². The molecule has 0 bridgehead atoms. The van der Waals surface area contributed by atoms with E-state index in [4.69, 9.17) is 73.5 Å². The topological polar surface area (TPSA) is 283 Å². The molecule has 16 heterocycles. The number of aliphatic hydroxyl groups is 1. The molecule has 133 heavy (non-hydrogen) atoms. The molecule has 38 heteroatoms. The zero-order chi connectivity index (χ0) is 93.5. The van der Waals surface area contributed by atoms with E-state index in [1.165, 1.54) is 64.7 Å². The Kier molecular flexibility index (Phi) is 33.0. The molecular weight excluding hydrogens is 1840 g/mol. The van der Waals surface area contributed by atoms with Crippen molar-refractivity contribution in [2.75, 3.05) is 185 Å². The van der Waals surface area contributed by atoms with Crippen LogP contribution in [0.4, 0.5) is 23.3 Å². The summed E-state index contributed by atoms with van der Waals surface area (Å²) in [4.78, 5) is 149. The van der Waals surface area contributed by atoms with E-state index in [2.05, 4.69) is 60.6 Å². The lowest BCUT2D eigenvalue weighted by Crippen LogP contribution is -2.48. The van der Waals surface area contributed by atoms with Crippen LogP contribution in [0.25, 0.3) is 46.9 Å². The third-order valence-electron chi connectivity index (χ3n) is 23.6. The fourth-order valence-electron chi connectivity index (χ4n) is 16.2. The van der Waals surface area contributed by atoms with Gasteiger partial charge in [-0.1, -0.05) is 214 Å². The molecule has 30 nitrogen and oxygen atoms in total. The second-order valence-corrected chi connectivity index (χ2v) is 40.1. The molecule has 18 rings (SSSR count). The molecule has 0 atom stereocenters. The number of nitrogens with zero attached hydrogens (tertiary/aromatic N) is 19. The number of carbonyl (C=O) groups is 4. The van der Waals surface area contributed by atoms with Crippen molar-refractivity contribution in [3.63, 3.8) is 0 Å². The van der Waals surface area contributed by atoms with E-state index in [0.29, 0.717) is 164 Å². The summed E-state index contributed by atoms with van der Waals surface area (Å²) in [6.07, 6.45) is 17.2. The van der Waals surface area contributed by atoms with E-state index in [1.54, 1.807) is 86.9 Å². The summed E-state index contributed by atoms with van der Waals surface area (Å²) in [5, 5.41) is 12.6. The number of benzene rings is 2. The molecule has 4 amide bonds. The second-order valence-electron chi connectivity index (χ2n) is 33.4. The van der Waals surface area contributed by atoms with E-state index in [1.807, 2.05) is 130 Å². The lowest BCUT2D eigenvalue weighted by Gasteiger charge is -2.35. The van der Waals surface area contributed by atoms with E-state index in [-0.39, 0.29) is 58.4 Å². The summed E-state index contributed by atoms with van der Waals surface area (Å²) in [5.41, 5.74) is 6.21. The van der Waals surface area contributed by atoms with E-state index < -0.39 is 0 Å². The van der Waals surface area contributed by atoms with Gasteiger partial charge in [-0.15, -0.1) is 0 Å². The van der Waals surface area contributed by atoms with Gasteiger partial charge in [0.1, 0.15) is 63.1 Å². The Labute approximate surface area is 809 Å². The van der Waals surface area contributed by atoms with Gasteiger partial charge in [0.15, 0.2) is 0 Å². The number of unbranched alkanes of at least 4 members (excludes halogenated alkanes) is 2. The Morgan fingerprint density at radius 1 is 0.429 bits per heavy atom. The highest BCUT2D eigenvalue weighted by Crippen LogP contribution is 2.39. The molecule has 10 aromatic rings. The number of piperazine rings is 3. The first-order valence-electron chi connectivity index (χ1n) is 44.5. The molecule has 694 valence electrons. The van der Waals surface area contributed by atoms with Crippen LogP contribution in [0.1, 0.15) is 79.0 Å². The maximum atomic E-state index is 13.6. The average Bonchev–Trinajstić information content (AvgIpc) is 1.73. The number of hydrogen-bond donors (Lipinski definition) is 2. The van der Waals surface area contributed by atoms with Gasteiger partial charge in [-0.05, 0) is 123 Å². The first kappa shape index (κ1) is 97.0. The van der Waals surface area contributed by atoms with Crippen molar-refractivity contribution >= 4 is 207 Å². The first-order valence-corrected chi connectivity index (χ1v) is 49.4. The molecule has 2 aromatic carbocycles. The number of ether oxygens (including phenoxy) is 1. The molecule has 2 N–H and O–H groups in total. The molecule has 0 saturated carbocycles. The summed E-state index contributed by atoms with van der Waals surface area (Å²) in [6.45, 7) is 25.2. The van der Waals surface area contributed by atoms with Gasteiger partial charge in [0.05, 0.1) is 68.2 Å². The predicted octanol–water partition coefficient (Wildman–Crippen LogP) is 10.5. The highest BCUT2D eigenvalue weighted by Gasteiger charge is 2.38. The molecule has 8 aliphatic heterocycles. The summed E-state index contributed by atoms with van der Waals surface area (Å²) in [7, 11) is 4.17. The van der Waals surface area contributed by atoms with E-state index in [9.17, 15) is 43.5 Å². The number of carbonyl (C=O) groups excluding carboxylic acids is 4. The van der Waals surface area contributed by atoms with Crippen molar-refractivity contribution in [1.29, 1.82) is 0 Å². The van der Waals surface area contributed by atoms with Gasteiger partial charge in [0, 0.05) is 156 Å². The van der Waals surface area contributed by atoms with Crippen molar-refractivity contribution in [2.24, 2.45) is 5.92 Å². The minimum atomic E-state index is -0.225. The number of fused-ring (bicyclic) bond motifs is 4. The van der Waals surface area contributed by atoms with Crippen LogP contribution in [0.3, 0.4) is 0 Å². The van der Waals surface area contributed by atoms with Crippen molar-refractivity contribution < 1.29 is 29.0 Å². The number of morpholine rings is 1. The molecule has 8 fully saturated rings. The summed E-state index contributed by atoms with van der Waals surface area (Å²) < 4.78 is 13.6. The maximum Gasteiger partial charge on any atom is 0.267 e. The minimum Gasteiger partial charge on any atom is -0.395 e. The Hall–Kier alpha value is -10.6. The number of aromatic nitrogens is 8. The Bertz CT molecular complexity index is 6460. The van der Waals surface area contributed by atoms with Crippen molar-refractivity contribution in [3.8, 4) is 0 Å². The van der Waals surface area contributed by atoms with Crippen LogP contribution < -0.4 is 42.3 Å². The monoisotopic (exact) mass is 1940 g/mol. The number of pyridine rings is 4. The van der Waals surface area contributed by atoms with Crippen molar-refractivity contribution in [1.82, 2.24) is 76.7 Å². The number of amides is 4. The van der Waals surface area contributed by atoms with Crippen LogP contribution in [0.15, 0.2) is 191 Å². The van der Waals surface area contributed by atoms with E-state index >= 15 is 0 Å². The largest absolute Gasteiger partial charge is 0.395 e. The number of aryl methyl sites for hydroxylation is 1. The highest BCUT2D eigenvalue weighted by molar-refractivity contribution is 8.28. The number of rotatable bonds is 24. The second kappa shape index (κ2) is 45.2. The Balaban J connectivity index is 0.000000136. The molecular formula is C95H106N20O10S8. The van der Waals surface area contributed by atoms with Gasteiger partial charge in [-0.3, -0.25) is 85.4 Å². The molecule has 8 aromatic heterocycles. The number of hydrogen-bond acceptors (Lipinski definition) is 30. The zero-order valence-corrected chi connectivity index (χ0v) is 81.5. The summed E-state index contributed by atoms with van der Waals surface area (Å²) in [5.74, 6) is 1.96. The van der Waals surface area contributed by atoms with Crippen LogP contribution in [0, 0.1) is 12.8 Å². The fourth-order valence-corrected chi connectivity index (χ4v) is 21.3. The van der Waals surface area contributed by atoms with Crippen LogP contribution in [-0.4, -0.2) is 288 Å². The Morgan fingerprint density at radius 3 is 1.29 bits per heavy atom. The summed E-state index contributed by atoms with van der Waals surface area (Å²) >= 11 is 26.9. The predicted molar refractivity (Wildman–Crippen MR) is 551 cm³/mol. The quantitative estimate of drug-likeness (QED) is 0.0323. The SMILES string of the molecule is CC(C)CN1C(=O)/C(=C/c2c(N3CCN(CCO)CC3)nc3ccccn3c2=O)SC1=S.CCCCCN1C(=O)/C(=C/c2c(N3CCN(C)CC3)nc3ccccn3c2=O)SC1=S.CN1CCN(c2nc3ccccn3c(=O)c2/C=C2\SC(=S)N(Cc3ccccc3)C2=O)CC1.Cc1cccn2c(=O)c(/C=C3\SC(=S)N(CCc4ccccc4)C3=O)c(NCCN3CCOCC3)nc12. The normalized spacial score (nSPS) is 18.7. The number of thioether (sulfide) groups is 4. The smallest absolute Gasteiger partial charge is 0.267 e. The lowest BCUT2D eigenvalue weighted by molar-refractivity contribution is -0.123.